The molecule has 0 aliphatic rings. The van der Waals surface area contributed by atoms with Crippen molar-refractivity contribution in [3.8, 4) is 5.69 Å². The van der Waals surface area contributed by atoms with Crippen molar-refractivity contribution in [1.82, 2.24) is 9.88 Å². The van der Waals surface area contributed by atoms with Crippen molar-refractivity contribution >= 4 is 17.5 Å². The molecule has 0 radical (unpaired) electrons. The molecule has 0 bridgehead atoms. The van der Waals surface area contributed by atoms with Gasteiger partial charge in [0.05, 0.1) is 0 Å². The molecule has 0 aliphatic heterocycles. The summed E-state index contributed by atoms with van der Waals surface area (Å²) in [7, 11) is 0. The Hall–Kier alpha value is -4.52. The maximum atomic E-state index is 13.0. The quantitative estimate of drug-likeness (QED) is 0.450. The van der Waals surface area contributed by atoms with Crippen LogP contribution in [-0.4, -0.2) is 16.4 Å². The van der Waals surface area contributed by atoms with Crippen LogP contribution in [0.5, 0.6) is 0 Å². The van der Waals surface area contributed by atoms with E-state index in [1.165, 1.54) is 22.8 Å². The van der Waals surface area contributed by atoms with Crippen LogP contribution in [0.1, 0.15) is 31.8 Å². The number of benzene rings is 3. The number of nitrogens with one attached hydrogen (secondary N) is 2. The molecule has 0 spiro atoms. The smallest absolute Gasteiger partial charge is 0.267 e. The van der Waals surface area contributed by atoms with E-state index in [1.807, 2.05) is 19.1 Å². The molecule has 3 aromatic carbocycles. The van der Waals surface area contributed by atoms with Gasteiger partial charge in [-0.05, 0) is 73.2 Å². The van der Waals surface area contributed by atoms with Gasteiger partial charge in [0, 0.05) is 29.7 Å². The first kappa shape index (κ1) is 22.7. The fourth-order valence-corrected chi connectivity index (χ4v) is 3.44. The number of aryl methyl sites for hydroxylation is 1. The number of amides is 2. The molecule has 1 heterocycles. The van der Waals surface area contributed by atoms with E-state index >= 15 is 0 Å². The van der Waals surface area contributed by atoms with E-state index in [9.17, 15) is 18.8 Å². The molecular weight excluding hydrogens is 433 g/mol. The van der Waals surface area contributed by atoms with E-state index in [1.54, 1.807) is 60.8 Å². The average molecular weight is 455 g/mol. The summed E-state index contributed by atoms with van der Waals surface area (Å²) < 4.78 is 14.4. The van der Waals surface area contributed by atoms with Crippen LogP contribution in [0.4, 0.5) is 10.1 Å². The second kappa shape index (κ2) is 9.95. The van der Waals surface area contributed by atoms with Crippen molar-refractivity contribution in [3.63, 3.8) is 0 Å². The zero-order valence-electron chi connectivity index (χ0n) is 18.4. The van der Waals surface area contributed by atoms with E-state index in [-0.39, 0.29) is 23.8 Å². The molecule has 34 heavy (non-hydrogen) atoms. The summed E-state index contributed by atoms with van der Waals surface area (Å²) in [6.45, 7) is 2.09. The third-order valence-electron chi connectivity index (χ3n) is 5.24. The summed E-state index contributed by atoms with van der Waals surface area (Å²) in [6.07, 6.45) is 1.57. The van der Waals surface area contributed by atoms with E-state index in [2.05, 4.69) is 10.6 Å². The van der Waals surface area contributed by atoms with Gasteiger partial charge in [-0.3, -0.25) is 19.0 Å². The minimum atomic E-state index is -0.522. The van der Waals surface area contributed by atoms with Crippen LogP contribution in [0.15, 0.2) is 95.9 Å². The molecule has 7 heteroatoms. The molecule has 0 saturated carbocycles. The van der Waals surface area contributed by atoms with E-state index in [0.29, 0.717) is 22.5 Å². The molecule has 170 valence electrons. The van der Waals surface area contributed by atoms with Crippen LogP contribution in [0.2, 0.25) is 0 Å². The second-order valence-corrected chi connectivity index (χ2v) is 7.78. The molecule has 0 unspecified atom stereocenters. The molecule has 4 aromatic rings. The minimum Gasteiger partial charge on any atom is -0.348 e. The van der Waals surface area contributed by atoms with E-state index < -0.39 is 11.5 Å². The number of nitrogens with zero attached hydrogens (tertiary/aromatic N) is 1. The van der Waals surface area contributed by atoms with Gasteiger partial charge >= 0.3 is 0 Å². The predicted octanol–water partition coefficient (Wildman–Crippen LogP) is 4.47. The Labute approximate surface area is 195 Å². The molecular formula is C27H22FN3O3. The number of hydrogen-bond donors (Lipinski definition) is 2. The minimum absolute atomic E-state index is 0.0126. The van der Waals surface area contributed by atoms with Crippen LogP contribution in [-0.2, 0) is 6.54 Å². The number of pyridine rings is 1. The highest BCUT2D eigenvalue weighted by atomic mass is 19.1. The second-order valence-electron chi connectivity index (χ2n) is 7.78. The summed E-state index contributed by atoms with van der Waals surface area (Å²) in [6, 6.07) is 22.9. The maximum absolute atomic E-state index is 13.0. The first-order valence-corrected chi connectivity index (χ1v) is 10.6. The van der Waals surface area contributed by atoms with E-state index in [4.69, 9.17) is 0 Å². The topological polar surface area (TPSA) is 80.2 Å². The monoisotopic (exact) mass is 455 g/mol. The van der Waals surface area contributed by atoms with Crippen LogP contribution >= 0.6 is 0 Å². The van der Waals surface area contributed by atoms with Gasteiger partial charge in [-0.2, -0.15) is 0 Å². The van der Waals surface area contributed by atoms with Gasteiger partial charge in [-0.15, -0.1) is 0 Å². The Morgan fingerprint density at radius 1 is 0.882 bits per heavy atom. The third-order valence-corrected chi connectivity index (χ3v) is 5.24. The van der Waals surface area contributed by atoms with Gasteiger partial charge in [0.1, 0.15) is 11.4 Å². The highest BCUT2D eigenvalue weighted by Gasteiger charge is 2.13. The molecule has 0 aliphatic carbocycles. The number of anilines is 1. The molecule has 2 N–H and O–H groups in total. The van der Waals surface area contributed by atoms with Crippen molar-refractivity contribution in [1.29, 1.82) is 0 Å². The molecule has 0 atom stereocenters. The highest BCUT2D eigenvalue weighted by Crippen LogP contribution is 2.14. The summed E-state index contributed by atoms with van der Waals surface area (Å²) in [5, 5.41) is 5.51. The summed E-state index contributed by atoms with van der Waals surface area (Å²) in [4.78, 5) is 38.0. The van der Waals surface area contributed by atoms with Gasteiger partial charge in [-0.1, -0.05) is 29.8 Å². The van der Waals surface area contributed by atoms with Crippen molar-refractivity contribution in [3.05, 3.63) is 130 Å². The Morgan fingerprint density at radius 3 is 2.32 bits per heavy atom. The molecule has 2 amide bonds. The number of rotatable bonds is 6. The predicted molar refractivity (Wildman–Crippen MR) is 129 cm³/mol. The normalized spacial score (nSPS) is 10.5. The fourth-order valence-electron chi connectivity index (χ4n) is 3.44. The SMILES string of the molecule is Cc1cccc(C(=O)Nc2ccc(-n3cccc(C(=O)NCc4ccc(F)cc4)c3=O)cc2)c1. The lowest BCUT2D eigenvalue weighted by Gasteiger charge is -2.10. The summed E-state index contributed by atoms with van der Waals surface area (Å²) in [5.74, 6) is -1.11. The Morgan fingerprint density at radius 2 is 1.62 bits per heavy atom. The first-order chi connectivity index (χ1) is 16.4. The highest BCUT2D eigenvalue weighted by molar-refractivity contribution is 6.04. The van der Waals surface area contributed by atoms with Gasteiger partial charge in [0.25, 0.3) is 17.4 Å². The average Bonchev–Trinajstić information content (AvgIpc) is 2.84. The number of aromatic nitrogens is 1. The number of carbonyl (C=O) groups is 2. The third kappa shape index (κ3) is 5.27. The fraction of sp³-hybridized carbons (Fsp3) is 0.0741. The van der Waals surface area contributed by atoms with Gasteiger partial charge in [0.15, 0.2) is 0 Å². The van der Waals surface area contributed by atoms with Gasteiger partial charge in [-0.25, -0.2) is 4.39 Å². The molecule has 0 saturated heterocycles. The van der Waals surface area contributed by atoms with E-state index in [0.717, 1.165) is 5.56 Å². The van der Waals surface area contributed by atoms with Crippen LogP contribution < -0.4 is 16.2 Å². The number of hydrogen-bond acceptors (Lipinski definition) is 3. The molecule has 1 aromatic heterocycles. The van der Waals surface area contributed by atoms with Crippen molar-refractivity contribution < 1.29 is 14.0 Å². The van der Waals surface area contributed by atoms with Crippen LogP contribution in [0, 0.1) is 12.7 Å². The van der Waals surface area contributed by atoms with Gasteiger partial charge < -0.3 is 10.6 Å². The lowest BCUT2D eigenvalue weighted by molar-refractivity contribution is 0.0948. The number of carbonyl (C=O) groups excluding carboxylic acids is 2. The summed E-state index contributed by atoms with van der Waals surface area (Å²) >= 11 is 0. The van der Waals surface area contributed by atoms with Gasteiger partial charge in [0.2, 0.25) is 0 Å². The molecule has 0 fully saturated rings. The lowest BCUT2D eigenvalue weighted by Crippen LogP contribution is -2.32. The maximum Gasteiger partial charge on any atom is 0.267 e. The number of halogens is 1. The Kier molecular flexibility index (Phi) is 6.64. The van der Waals surface area contributed by atoms with Crippen molar-refractivity contribution in [2.75, 3.05) is 5.32 Å². The molecule has 6 nitrogen and oxygen atoms in total. The van der Waals surface area contributed by atoms with Crippen LogP contribution in [0.25, 0.3) is 5.69 Å². The van der Waals surface area contributed by atoms with Crippen molar-refractivity contribution in [2.45, 2.75) is 13.5 Å². The Bertz CT molecular complexity index is 1390. The van der Waals surface area contributed by atoms with Crippen molar-refractivity contribution in [2.24, 2.45) is 0 Å². The summed E-state index contributed by atoms with van der Waals surface area (Å²) in [5.41, 5.74) is 2.90. The standard InChI is InChI=1S/C27H22FN3O3/c1-18-4-2-5-20(16-18)25(32)30-22-11-13-23(14-12-22)31-15-3-6-24(27(31)34)26(33)29-17-19-7-9-21(28)10-8-19/h2-16H,17H2,1H3,(H,29,33)(H,30,32). The Balaban J connectivity index is 1.47. The van der Waals surface area contributed by atoms with Crippen LogP contribution in [0.3, 0.4) is 0 Å². The largest absolute Gasteiger partial charge is 0.348 e. The molecule has 4 rings (SSSR count). The lowest BCUT2D eigenvalue weighted by atomic mass is 10.1. The zero-order valence-corrected chi connectivity index (χ0v) is 18.4. The first-order valence-electron chi connectivity index (χ1n) is 10.6. The zero-order chi connectivity index (χ0) is 24.1.